The minimum absolute atomic E-state index is 0.0527. The van der Waals surface area contributed by atoms with Gasteiger partial charge in [-0.15, -0.1) is 12.3 Å². The summed E-state index contributed by atoms with van der Waals surface area (Å²) in [7, 11) is 0. The molecule has 0 spiro atoms. The number of rotatable bonds is 4. The summed E-state index contributed by atoms with van der Waals surface area (Å²) < 4.78 is 12.9. The zero-order valence-electron chi connectivity index (χ0n) is 8.26. The minimum atomic E-state index is -0.494. The van der Waals surface area contributed by atoms with Crippen LogP contribution in [0.1, 0.15) is 18.4 Å². The second-order valence-electron chi connectivity index (χ2n) is 3.04. The number of nitrogens with one attached hydrogen (secondary N) is 1. The van der Waals surface area contributed by atoms with Crippen molar-refractivity contribution in [1.29, 1.82) is 5.26 Å². The first-order valence-corrected chi connectivity index (χ1v) is 4.65. The quantitative estimate of drug-likeness (QED) is 0.601. The summed E-state index contributed by atoms with van der Waals surface area (Å²) in [6.45, 7) is 0.723. The van der Waals surface area contributed by atoms with Crippen LogP contribution in [0.25, 0.3) is 0 Å². The van der Waals surface area contributed by atoms with Gasteiger partial charge in [0.1, 0.15) is 11.9 Å². The second-order valence-corrected chi connectivity index (χ2v) is 3.04. The van der Waals surface area contributed by atoms with E-state index in [2.05, 4.69) is 11.2 Å². The molecule has 0 unspecified atom stereocenters. The third-order valence-electron chi connectivity index (χ3n) is 1.91. The van der Waals surface area contributed by atoms with Crippen molar-refractivity contribution in [2.75, 3.05) is 11.9 Å². The Hall–Kier alpha value is -2.00. The molecule has 0 heterocycles. The lowest BCUT2D eigenvalue weighted by atomic mass is 10.2. The molecular formula is C12H11FN2. The Kier molecular flexibility index (Phi) is 4.19. The Bertz CT molecular complexity index is 413. The van der Waals surface area contributed by atoms with Gasteiger partial charge in [-0.1, -0.05) is 0 Å². The third-order valence-corrected chi connectivity index (χ3v) is 1.91. The van der Waals surface area contributed by atoms with Gasteiger partial charge in [0.25, 0.3) is 0 Å². The molecule has 0 aromatic heterocycles. The largest absolute Gasteiger partial charge is 0.385 e. The van der Waals surface area contributed by atoms with E-state index >= 15 is 0 Å². The van der Waals surface area contributed by atoms with Crippen LogP contribution in [-0.4, -0.2) is 6.54 Å². The number of terminal acetylenes is 1. The summed E-state index contributed by atoms with van der Waals surface area (Å²) in [6.07, 6.45) is 6.67. The van der Waals surface area contributed by atoms with Crippen molar-refractivity contribution in [3.8, 4) is 18.4 Å². The second kappa shape index (κ2) is 5.67. The van der Waals surface area contributed by atoms with Crippen LogP contribution in [0.4, 0.5) is 10.1 Å². The van der Waals surface area contributed by atoms with Gasteiger partial charge in [-0.2, -0.15) is 5.26 Å². The van der Waals surface area contributed by atoms with E-state index < -0.39 is 5.82 Å². The summed E-state index contributed by atoms with van der Waals surface area (Å²) in [6, 6.07) is 6.16. The highest BCUT2D eigenvalue weighted by molar-refractivity contribution is 5.49. The molecule has 0 radical (unpaired) electrons. The number of hydrogen-bond donors (Lipinski definition) is 1. The first kappa shape index (κ1) is 11.1. The van der Waals surface area contributed by atoms with Crippen molar-refractivity contribution in [2.45, 2.75) is 12.8 Å². The van der Waals surface area contributed by atoms with E-state index in [1.807, 2.05) is 0 Å². The maximum absolute atomic E-state index is 12.9. The Labute approximate surface area is 88.7 Å². The highest BCUT2D eigenvalue weighted by Crippen LogP contribution is 2.13. The van der Waals surface area contributed by atoms with E-state index in [4.69, 9.17) is 11.7 Å². The molecule has 0 aliphatic carbocycles. The molecule has 15 heavy (non-hydrogen) atoms. The number of unbranched alkanes of at least 4 members (excludes halogenated alkanes) is 1. The number of halogens is 1. The Morgan fingerprint density at radius 1 is 1.47 bits per heavy atom. The van der Waals surface area contributed by atoms with Crippen LogP contribution >= 0.6 is 0 Å². The predicted molar refractivity (Wildman–Crippen MR) is 57.7 cm³/mol. The van der Waals surface area contributed by atoms with Gasteiger partial charge in [-0.05, 0) is 24.6 Å². The fourth-order valence-electron chi connectivity index (χ4n) is 1.14. The summed E-state index contributed by atoms with van der Waals surface area (Å²) in [5.74, 6) is 2.04. The van der Waals surface area contributed by atoms with E-state index in [0.29, 0.717) is 6.42 Å². The van der Waals surface area contributed by atoms with Crippen LogP contribution in [0.2, 0.25) is 0 Å². The van der Waals surface area contributed by atoms with Gasteiger partial charge in [0.15, 0.2) is 0 Å². The predicted octanol–water partition coefficient (Wildman–Crippen LogP) is 2.52. The molecule has 0 aliphatic heterocycles. The van der Waals surface area contributed by atoms with Crippen molar-refractivity contribution in [2.24, 2.45) is 0 Å². The van der Waals surface area contributed by atoms with Crippen LogP contribution in [-0.2, 0) is 0 Å². The van der Waals surface area contributed by atoms with Crippen LogP contribution in [0, 0.1) is 29.5 Å². The molecule has 0 saturated heterocycles. The Balaban J connectivity index is 2.57. The van der Waals surface area contributed by atoms with E-state index in [1.165, 1.54) is 12.1 Å². The third kappa shape index (κ3) is 3.32. The van der Waals surface area contributed by atoms with Crippen molar-refractivity contribution in [1.82, 2.24) is 0 Å². The van der Waals surface area contributed by atoms with Crippen LogP contribution in [0.5, 0.6) is 0 Å². The van der Waals surface area contributed by atoms with Crippen molar-refractivity contribution in [3.05, 3.63) is 29.6 Å². The molecule has 2 nitrogen and oxygen atoms in total. The zero-order chi connectivity index (χ0) is 11.1. The van der Waals surface area contributed by atoms with Gasteiger partial charge < -0.3 is 5.32 Å². The molecule has 0 aliphatic rings. The number of benzene rings is 1. The number of nitriles is 1. The molecule has 1 aromatic carbocycles. The summed E-state index contributed by atoms with van der Waals surface area (Å²) >= 11 is 0. The van der Waals surface area contributed by atoms with Crippen molar-refractivity contribution in [3.63, 3.8) is 0 Å². The van der Waals surface area contributed by atoms with E-state index in [9.17, 15) is 4.39 Å². The average molecular weight is 202 g/mol. The number of anilines is 1. The van der Waals surface area contributed by atoms with Gasteiger partial charge in [0.05, 0.1) is 5.56 Å². The number of hydrogen-bond acceptors (Lipinski definition) is 2. The van der Waals surface area contributed by atoms with Crippen LogP contribution < -0.4 is 5.32 Å². The molecule has 0 saturated carbocycles. The maximum atomic E-state index is 12.9. The molecule has 0 fully saturated rings. The molecule has 0 bridgehead atoms. The zero-order valence-corrected chi connectivity index (χ0v) is 8.26. The van der Waals surface area contributed by atoms with Gasteiger partial charge in [0, 0.05) is 18.7 Å². The van der Waals surface area contributed by atoms with E-state index in [-0.39, 0.29) is 5.56 Å². The fraction of sp³-hybridized carbons (Fsp3) is 0.250. The van der Waals surface area contributed by atoms with Gasteiger partial charge in [0.2, 0.25) is 0 Å². The molecule has 1 N–H and O–H groups in total. The lowest BCUT2D eigenvalue weighted by Gasteiger charge is -2.05. The standard InChI is InChI=1S/C12H11FN2/c1-2-3-4-7-15-11-5-6-12(13)10(8-11)9-14/h1,5-6,8,15H,3-4,7H2. The smallest absolute Gasteiger partial charge is 0.141 e. The molecular weight excluding hydrogens is 191 g/mol. The molecule has 76 valence electrons. The average Bonchev–Trinajstić information content (AvgIpc) is 2.26. The van der Waals surface area contributed by atoms with Crippen molar-refractivity contribution >= 4 is 5.69 Å². The summed E-state index contributed by atoms with van der Waals surface area (Å²) in [5, 5.41) is 11.7. The Morgan fingerprint density at radius 3 is 2.93 bits per heavy atom. The monoisotopic (exact) mass is 202 g/mol. The highest BCUT2D eigenvalue weighted by Gasteiger charge is 2.01. The topological polar surface area (TPSA) is 35.8 Å². The minimum Gasteiger partial charge on any atom is -0.385 e. The van der Waals surface area contributed by atoms with Crippen LogP contribution in [0.3, 0.4) is 0 Å². The SMILES string of the molecule is C#CCCCNc1ccc(F)c(C#N)c1. The molecule has 0 amide bonds. The summed E-state index contributed by atoms with van der Waals surface area (Å²) in [5.41, 5.74) is 0.793. The first-order valence-electron chi connectivity index (χ1n) is 4.65. The molecule has 1 rings (SSSR count). The van der Waals surface area contributed by atoms with Crippen molar-refractivity contribution < 1.29 is 4.39 Å². The molecule has 0 atom stereocenters. The van der Waals surface area contributed by atoms with Gasteiger partial charge >= 0.3 is 0 Å². The normalized spacial score (nSPS) is 9.00. The fourth-order valence-corrected chi connectivity index (χ4v) is 1.14. The molecule has 3 heteroatoms. The summed E-state index contributed by atoms with van der Waals surface area (Å²) in [4.78, 5) is 0. The van der Waals surface area contributed by atoms with Crippen LogP contribution in [0.15, 0.2) is 18.2 Å². The highest BCUT2D eigenvalue weighted by atomic mass is 19.1. The first-order chi connectivity index (χ1) is 7.27. The van der Waals surface area contributed by atoms with Gasteiger partial charge in [-0.3, -0.25) is 0 Å². The number of nitrogens with zero attached hydrogens (tertiary/aromatic N) is 1. The van der Waals surface area contributed by atoms with E-state index in [0.717, 1.165) is 18.7 Å². The maximum Gasteiger partial charge on any atom is 0.141 e. The Morgan fingerprint density at radius 2 is 2.27 bits per heavy atom. The van der Waals surface area contributed by atoms with E-state index in [1.54, 1.807) is 12.1 Å². The lowest BCUT2D eigenvalue weighted by molar-refractivity contribution is 0.624. The van der Waals surface area contributed by atoms with Gasteiger partial charge in [-0.25, -0.2) is 4.39 Å². The lowest BCUT2D eigenvalue weighted by Crippen LogP contribution is -2.01. The molecule has 1 aromatic rings.